The molecule has 8 heteroatoms. The minimum atomic E-state index is -2.96. The molecule has 28 heavy (non-hydrogen) atoms. The number of amides is 1. The van der Waals surface area contributed by atoms with Crippen LogP contribution in [0.3, 0.4) is 0 Å². The molecular weight excluding hydrogens is 372 g/mol. The Balaban J connectivity index is 1.78. The van der Waals surface area contributed by atoms with Crippen LogP contribution in [0.1, 0.15) is 16.7 Å². The third kappa shape index (κ3) is 6.86. The number of hydrogen-bond donors (Lipinski definition) is 1. The Hall–Kier alpha value is -3.16. The first kappa shape index (κ1) is 21.1. The van der Waals surface area contributed by atoms with Crippen molar-refractivity contribution in [3.8, 4) is 11.5 Å². The molecule has 0 aromatic heterocycles. The first-order valence-corrected chi connectivity index (χ1v) is 8.47. The molecular formula is C20H21F2NO5. The van der Waals surface area contributed by atoms with Crippen LogP contribution in [0, 0.1) is 6.92 Å². The SMILES string of the molecule is COc1cc(CNC(=O)COC(=O)Cc2ccc(C)cc2)ccc1OC(F)F. The summed E-state index contributed by atoms with van der Waals surface area (Å²) in [4.78, 5) is 23.6. The van der Waals surface area contributed by atoms with Crippen molar-refractivity contribution < 1.29 is 32.6 Å². The third-order valence-electron chi connectivity index (χ3n) is 3.77. The largest absolute Gasteiger partial charge is 0.493 e. The predicted molar refractivity (Wildman–Crippen MR) is 97.3 cm³/mol. The lowest BCUT2D eigenvalue weighted by Gasteiger charge is -2.12. The molecule has 0 fully saturated rings. The highest BCUT2D eigenvalue weighted by Gasteiger charge is 2.12. The summed E-state index contributed by atoms with van der Waals surface area (Å²) in [5.74, 6) is -0.965. The van der Waals surface area contributed by atoms with Gasteiger partial charge in [-0.3, -0.25) is 9.59 Å². The Labute approximate surface area is 161 Å². The van der Waals surface area contributed by atoms with Gasteiger partial charge < -0.3 is 19.5 Å². The summed E-state index contributed by atoms with van der Waals surface area (Å²) in [6.45, 7) is -1.32. The Bertz CT molecular complexity index is 809. The van der Waals surface area contributed by atoms with Crippen LogP contribution in [0.15, 0.2) is 42.5 Å². The van der Waals surface area contributed by atoms with E-state index in [1.807, 2.05) is 31.2 Å². The number of nitrogens with one attached hydrogen (secondary N) is 1. The molecule has 0 unspecified atom stereocenters. The number of hydrogen-bond acceptors (Lipinski definition) is 5. The molecule has 2 aromatic rings. The number of aryl methyl sites for hydroxylation is 1. The highest BCUT2D eigenvalue weighted by Crippen LogP contribution is 2.29. The van der Waals surface area contributed by atoms with Gasteiger partial charge in [-0.1, -0.05) is 35.9 Å². The van der Waals surface area contributed by atoms with Gasteiger partial charge in [0, 0.05) is 6.54 Å². The average Bonchev–Trinajstić information content (AvgIpc) is 2.67. The molecule has 0 radical (unpaired) electrons. The van der Waals surface area contributed by atoms with E-state index >= 15 is 0 Å². The summed E-state index contributed by atoms with van der Waals surface area (Å²) in [5, 5.41) is 2.58. The molecule has 6 nitrogen and oxygen atoms in total. The van der Waals surface area contributed by atoms with Crippen LogP contribution >= 0.6 is 0 Å². The molecule has 0 spiro atoms. The lowest BCUT2D eigenvalue weighted by atomic mass is 10.1. The summed E-state index contributed by atoms with van der Waals surface area (Å²) >= 11 is 0. The number of carbonyl (C=O) groups excluding carboxylic acids is 2. The van der Waals surface area contributed by atoms with Crippen molar-refractivity contribution in [1.82, 2.24) is 5.32 Å². The maximum atomic E-state index is 12.3. The standard InChI is InChI=1S/C20H21F2NO5/c1-13-3-5-14(6-4-13)10-19(25)27-12-18(24)23-11-15-7-8-16(28-20(21)22)17(9-15)26-2/h3-9,20H,10-12H2,1-2H3,(H,23,24). The molecule has 0 saturated heterocycles. The Morgan fingerprint density at radius 3 is 2.36 bits per heavy atom. The molecule has 0 aliphatic carbocycles. The molecule has 1 amide bonds. The minimum Gasteiger partial charge on any atom is -0.493 e. The van der Waals surface area contributed by atoms with E-state index in [4.69, 9.17) is 9.47 Å². The number of alkyl halides is 2. The van der Waals surface area contributed by atoms with Crippen LogP contribution in [0.4, 0.5) is 8.78 Å². The van der Waals surface area contributed by atoms with E-state index in [0.717, 1.165) is 11.1 Å². The predicted octanol–water partition coefficient (Wildman–Crippen LogP) is 3.01. The maximum Gasteiger partial charge on any atom is 0.387 e. The Morgan fingerprint density at radius 2 is 1.71 bits per heavy atom. The second-order valence-corrected chi connectivity index (χ2v) is 5.96. The quantitative estimate of drug-likeness (QED) is 0.663. The molecule has 1 N–H and O–H groups in total. The Morgan fingerprint density at radius 1 is 1.04 bits per heavy atom. The van der Waals surface area contributed by atoms with Gasteiger partial charge in [0.05, 0.1) is 13.5 Å². The zero-order valence-electron chi connectivity index (χ0n) is 15.5. The average molecular weight is 393 g/mol. The number of carbonyl (C=O) groups is 2. The van der Waals surface area contributed by atoms with E-state index < -0.39 is 25.1 Å². The smallest absolute Gasteiger partial charge is 0.387 e. The van der Waals surface area contributed by atoms with Crippen LogP contribution in [0.25, 0.3) is 0 Å². The van der Waals surface area contributed by atoms with Gasteiger partial charge in [-0.2, -0.15) is 8.78 Å². The van der Waals surface area contributed by atoms with E-state index in [1.165, 1.54) is 25.3 Å². The molecule has 0 aliphatic rings. The summed E-state index contributed by atoms with van der Waals surface area (Å²) in [6, 6.07) is 11.7. The van der Waals surface area contributed by atoms with Gasteiger partial charge in [0.25, 0.3) is 5.91 Å². The topological polar surface area (TPSA) is 73.9 Å². The van der Waals surface area contributed by atoms with Gasteiger partial charge in [-0.15, -0.1) is 0 Å². The fourth-order valence-electron chi connectivity index (χ4n) is 2.34. The number of esters is 1. The molecule has 0 bridgehead atoms. The Kier molecular flexibility index (Phi) is 7.74. The van der Waals surface area contributed by atoms with Crippen molar-refractivity contribution in [2.24, 2.45) is 0 Å². The zero-order chi connectivity index (χ0) is 20.5. The van der Waals surface area contributed by atoms with Crippen molar-refractivity contribution >= 4 is 11.9 Å². The van der Waals surface area contributed by atoms with Crippen molar-refractivity contribution in [3.63, 3.8) is 0 Å². The van der Waals surface area contributed by atoms with E-state index in [9.17, 15) is 18.4 Å². The highest BCUT2D eigenvalue weighted by molar-refractivity contribution is 5.81. The monoisotopic (exact) mass is 393 g/mol. The van der Waals surface area contributed by atoms with E-state index in [-0.39, 0.29) is 24.5 Å². The minimum absolute atomic E-state index is 0.0797. The van der Waals surface area contributed by atoms with Crippen LogP contribution in [0.5, 0.6) is 11.5 Å². The molecule has 0 heterocycles. The molecule has 2 rings (SSSR count). The van der Waals surface area contributed by atoms with Crippen LogP contribution < -0.4 is 14.8 Å². The zero-order valence-corrected chi connectivity index (χ0v) is 15.5. The van der Waals surface area contributed by atoms with Gasteiger partial charge >= 0.3 is 12.6 Å². The molecule has 0 saturated carbocycles. The summed E-state index contributed by atoms with van der Waals surface area (Å²) in [5.41, 5.74) is 2.49. The fourth-order valence-corrected chi connectivity index (χ4v) is 2.34. The van der Waals surface area contributed by atoms with Crippen molar-refractivity contribution in [3.05, 3.63) is 59.2 Å². The molecule has 0 aliphatic heterocycles. The second-order valence-electron chi connectivity index (χ2n) is 5.96. The number of methoxy groups -OCH3 is 1. The lowest BCUT2D eigenvalue weighted by Crippen LogP contribution is -2.28. The van der Waals surface area contributed by atoms with Crippen LogP contribution in [0.2, 0.25) is 0 Å². The van der Waals surface area contributed by atoms with Crippen LogP contribution in [-0.4, -0.2) is 32.2 Å². The maximum absolute atomic E-state index is 12.3. The third-order valence-corrected chi connectivity index (χ3v) is 3.77. The number of ether oxygens (including phenoxy) is 3. The second kappa shape index (κ2) is 10.2. The highest BCUT2D eigenvalue weighted by atomic mass is 19.3. The van der Waals surface area contributed by atoms with Crippen molar-refractivity contribution in [1.29, 1.82) is 0 Å². The normalized spacial score (nSPS) is 10.5. The van der Waals surface area contributed by atoms with E-state index in [1.54, 1.807) is 0 Å². The van der Waals surface area contributed by atoms with Gasteiger partial charge in [-0.05, 0) is 30.2 Å². The van der Waals surface area contributed by atoms with Gasteiger partial charge in [-0.25, -0.2) is 0 Å². The number of halogens is 2. The van der Waals surface area contributed by atoms with Gasteiger partial charge in [0.15, 0.2) is 18.1 Å². The summed E-state index contributed by atoms with van der Waals surface area (Å²) < 4.78 is 38.9. The summed E-state index contributed by atoms with van der Waals surface area (Å²) in [7, 11) is 1.32. The molecule has 150 valence electrons. The molecule has 0 atom stereocenters. The first-order chi connectivity index (χ1) is 13.4. The van der Waals surface area contributed by atoms with Crippen LogP contribution in [-0.2, 0) is 27.3 Å². The van der Waals surface area contributed by atoms with Gasteiger partial charge in [0.2, 0.25) is 0 Å². The van der Waals surface area contributed by atoms with E-state index in [0.29, 0.717) is 5.56 Å². The number of benzene rings is 2. The van der Waals surface area contributed by atoms with Crippen molar-refractivity contribution in [2.45, 2.75) is 26.5 Å². The van der Waals surface area contributed by atoms with Crippen molar-refractivity contribution in [2.75, 3.05) is 13.7 Å². The lowest BCUT2D eigenvalue weighted by molar-refractivity contribution is -0.147. The van der Waals surface area contributed by atoms with Gasteiger partial charge in [0.1, 0.15) is 0 Å². The first-order valence-electron chi connectivity index (χ1n) is 8.47. The van der Waals surface area contributed by atoms with E-state index in [2.05, 4.69) is 10.1 Å². The molecule has 2 aromatic carbocycles. The summed E-state index contributed by atoms with van der Waals surface area (Å²) in [6.07, 6.45) is 0.0797. The number of rotatable bonds is 9. The fraction of sp³-hybridized carbons (Fsp3) is 0.300.